The Morgan fingerprint density at radius 3 is 2.32 bits per heavy atom. The van der Waals surface area contributed by atoms with Gasteiger partial charge in [-0.15, -0.1) is 0 Å². The summed E-state index contributed by atoms with van der Waals surface area (Å²) in [4.78, 5) is 12.0. The molecular formula is C16H13FN4O3S. The van der Waals surface area contributed by atoms with Crippen LogP contribution in [0.1, 0.15) is 10.5 Å². The van der Waals surface area contributed by atoms with E-state index in [0.717, 1.165) is 24.3 Å². The molecule has 1 heterocycles. The molecule has 0 bridgehead atoms. The van der Waals surface area contributed by atoms with Crippen molar-refractivity contribution in [3.8, 4) is 0 Å². The second kappa shape index (κ2) is 6.73. The first-order chi connectivity index (χ1) is 12.0. The maximum atomic E-state index is 13.0. The van der Waals surface area contributed by atoms with E-state index in [0.29, 0.717) is 0 Å². The van der Waals surface area contributed by atoms with E-state index in [4.69, 9.17) is 0 Å². The minimum absolute atomic E-state index is 0.0939. The third-order valence-electron chi connectivity index (χ3n) is 3.29. The van der Waals surface area contributed by atoms with Crippen LogP contribution in [-0.4, -0.2) is 24.5 Å². The van der Waals surface area contributed by atoms with Crippen LogP contribution in [0.15, 0.2) is 65.7 Å². The molecule has 0 saturated heterocycles. The van der Waals surface area contributed by atoms with Crippen LogP contribution in [0.2, 0.25) is 0 Å². The number of benzene rings is 2. The topological polar surface area (TPSA) is 104 Å². The number of hydrogen-bond acceptors (Lipinski definition) is 4. The van der Waals surface area contributed by atoms with Crippen LogP contribution in [0.25, 0.3) is 0 Å². The molecule has 7 nitrogen and oxygen atoms in total. The second-order valence-electron chi connectivity index (χ2n) is 5.03. The molecular weight excluding hydrogens is 347 g/mol. The van der Waals surface area contributed by atoms with Gasteiger partial charge in [0.2, 0.25) is 0 Å². The van der Waals surface area contributed by atoms with E-state index in [1.807, 2.05) is 0 Å². The maximum Gasteiger partial charge on any atom is 0.273 e. The number of para-hydroxylation sites is 2. The van der Waals surface area contributed by atoms with Gasteiger partial charge in [0.15, 0.2) is 0 Å². The van der Waals surface area contributed by atoms with Crippen LogP contribution in [0.3, 0.4) is 0 Å². The summed E-state index contributed by atoms with van der Waals surface area (Å²) in [5.74, 6) is -1.00. The molecule has 128 valence electrons. The first kappa shape index (κ1) is 16.7. The molecule has 0 unspecified atom stereocenters. The lowest BCUT2D eigenvalue weighted by atomic mass is 10.2. The van der Waals surface area contributed by atoms with Crippen molar-refractivity contribution in [3.05, 3.63) is 72.3 Å². The van der Waals surface area contributed by atoms with Gasteiger partial charge in [0, 0.05) is 6.20 Å². The van der Waals surface area contributed by atoms with E-state index in [1.165, 1.54) is 18.3 Å². The number of anilines is 2. The van der Waals surface area contributed by atoms with E-state index in [-0.39, 0.29) is 22.0 Å². The largest absolute Gasteiger partial charge is 0.319 e. The molecule has 3 rings (SSSR count). The summed E-state index contributed by atoms with van der Waals surface area (Å²) in [6.07, 6.45) is 1.43. The fraction of sp³-hybridized carbons (Fsp3) is 0. The summed E-state index contributed by atoms with van der Waals surface area (Å²) in [5, 5.41) is 8.80. The van der Waals surface area contributed by atoms with Crippen molar-refractivity contribution in [2.24, 2.45) is 0 Å². The summed E-state index contributed by atoms with van der Waals surface area (Å²) in [6, 6.07) is 12.2. The standard InChI is InChI=1S/C16H13FN4O3S/c17-11-5-7-12(8-6-11)25(23,24)21-14-4-2-1-3-13(14)19-16(22)15-9-10-18-20-15/h1-10,21H,(H,18,20)(H,19,22). The Balaban J connectivity index is 1.85. The van der Waals surface area contributed by atoms with Crippen LogP contribution in [0, 0.1) is 5.82 Å². The zero-order valence-electron chi connectivity index (χ0n) is 12.7. The Hall–Kier alpha value is -3.20. The molecule has 0 aliphatic rings. The van der Waals surface area contributed by atoms with Gasteiger partial charge in [-0.25, -0.2) is 12.8 Å². The zero-order valence-corrected chi connectivity index (χ0v) is 13.5. The second-order valence-corrected chi connectivity index (χ2v) is 6.71. The average molecular weight is 360 g/mol. The predicted octanol–water partition coefficient (Wildman–Crippen LogP) is 2.60. The molecule has 0 radical (unpaired) electrons. The third-order valence-corrected chi connectivity index (χ3v) is 4.67. The summed E-state index contributed by atoms with van der Waals surface area (Å²) in [5.41, 5.74) is 0.684. The Morgan fingerprint density at radius 2 is 1.68 bits per heavy atom. The molecule has 0 spiro atoms. The van der Waals surface area contributed by atoms with Gasteiger partial charge in [-0.3, -0.25) is 14.6 Å². The van der Waals surface area contributed by atoms with Gasteiger partial charge in [-0.05, 0) is 42.5 Å². The number of carbonyl (C=O) groups is 1. The highest BCUT2D eigenvalue weighted by molar-refractivity contribution is 7.92. The van der Waals surface area contributed by atoms with Crippen LogP contribution in [0.5, 0.6) is 0 Å². The number of nitrogens with one attached hydrogen (secondary N) is 3. The van der Waals surface area contributed by atoms with Crippen molar-refractivity contribution in [3.63, 3.8) is 0 Å². The minimum atomic E-state index is -3.93. The lowest BCUT2D eigenvalue weighted by Crippen LogP contribution is -2.17. The van der Waals surface area contributed by atoms with Crippen molar-refractivity contribution in [2.45, 2.75) is 4.90 Å². The number of hydrogen-bond donors (Lipinski definition) is 3. The quantitative estimate of drug-likeness (QED) is 0.650. The van der Waals surface area contributed by atoms with E-state index in [2.05, 4.69) is 20.2 Å². The van der Waals surface area contributed by atoms with Crippen LogP contribution >= 0.6 is 0 Å². The maximum absolute atomic E-state index is 13.0. The predicted molar refractivity (Wildman–Crippen MR) is 90.2 cm³/mol. The van der Waals surface area contributed by atoms with Gasteiger partial charge in [-0.2, -0.15) is 5.10 Å². The summed E-state index contributed by atoms with van der Waals surface area (Å²) < 4.78 is 40.2. The first-order valence-corrected chi connectivity index (χ1v) is 8.62. The van der Waals surface area contributed by atoms with Crippen molar-refractivity contribution in [1.29, 1.82) is 0 Å². The van der Waals surface area contributed by atoms with Gasteiger partial charge in [0.05, 0.1) is 16.3 Å². The zero-order chi connectivity index (χ0) is 17.9. The van der Waals surface area contributed by atoms with Gasteiger partial charge in [0.25, 0.3) is 15.9 Å². The van der Waals surface area contributed by atoms with Crippen molar-refractivity contribution >= 4 is 27.3 Å². The molecule has 0 aliphatic heterocycles. The number of nitrogens with zero attached hydrogens (tertiary/aromatic N) is 1. The Morgan fingerprint density at radius 1 is 1.00 bits per heavy atom. The normalized spacial score (nSPS) is 11.1. The molecule has 2 aromatic carbocycles. The highest BCUT2D eigenvalue weighted by Crippen LogP contribution is 2.25. The van der Waals surface area contributed by atoms with Gasteiger partial charge < -0.3 is 5.32 Å². The molecule has 3 N–H and O–H groups in total. The van der Waals surface area contributed by atoms with Crippen LogP contribution < -0.4 is 10.0 Å². The number of sulfonamides is 1. The Bertz CT molecular complexity index is 986. The SMILES string of the molecule is O=C(Nc1ccccc1NS(=O)(=O)c1ccc(F)cc1)c1ccn[nH]1. The summed E-state index contributed by atoms with van der Waals surface area (Å²) in [6.45, 7) is 0. The molecule has 1 aromatic heterocycles. The van der Waals surface area contributed by atoms with E-state index in [1.54, 1.807) is 18.2 Å². The Kier molecular flexibility index (Phi) is 4.48. The molecule has 0 fully saturated rings. The van der Waals surface area contributed by atoms with Gasteiger partial charge in [-0.1, -0.05) is 12.1 Å². The monoisotopic (exact) mass is 360 g/mol. The van der Waals surface area contributed by atoms with Crippen molar-refractivity contribution in [1.82, 2.24) is 10.2 Å². The van der Waals surface area contributed by atoms with E-state index < -0.39 is 21.7 Å². The third kappa shape index (κ3) is 3.83. The summed E-state index contributed by atoms with van der Waals surface area (Å²) >= 11 is 0. The molecule has 0 atom stereocenters. The lowest BCUT2D eigenvalue weighted by Gasteiger charge is -2.13. The van der Waals surface area contributed by atoms with Crippen molar-refractivity contribution in [2.75, 3.05) is 10.0 Å². The van der Waals surface area contributed by atoms with Crippen LogP contribution in [0.4, 0.5) is 15.8 Å². The van der Waals surface area contributed by atoms with Gasteiger partial charge >= 0.3 is 0 Å². The molecule has 1 amide bonds. The number of aromatic amines is 1. The fourth-order valence-electron chi connectivity index (χ4n) is 2.07. The number of aromatic nitrogens is 2. The average Bonchev–Trinajstić information content (AvgIpc) is 3.11. The molecule has 0 saturated carbocycles. The molecule has 0 aliphatic carbocycles. The highest BCUT2D eigenvalue weighted by Gasteiger charge is 2.17. The number of carbonyl (C=O) groups excluding carboxylic acids is 1. The highest BCUT2D eigenvalue weighted by atomic mass is 32.2. The molecule has 9 heteroatoms. The first-order valence-electron chi connectivity index (χ1n) is 7.14. The van der Waals surface area contributed by atoms with Crippen molar-refractivity contribution < 1.29 is 17.6 Å². The molecule has 25 heavy (non-hydrogen) atoms. The number of H-pyrrole nitrogens is 1. The van der Waals surface area contributed by atoms with E-state index in [9.17, 15) is 17.6 Å². The number of rotatable bonds is 5. The van der Waals surface area contributed by atoms with Crippen LogP contribution in [-0.2, 0) is 10.0 Å². The lowest BCUT2D eigenvalue weighted by molar-refractivity contribution is 0.102. The smallest absolute Gasteiger partial charge is 0.273 e. The fourth-order valence-corrected chi connectivity index (χ4v) is 3.15. The van der Waals surface area contributed by atoms with E-state index >= 15 is 0 Å². The minimum Gasteiger partial charge on any atom is -0.319 e. The Labute approximate surface area is 142 Å². The summed E-state index contributed by atoms with van der Waals surface area (Å²) in [7, 11) is -3.93. The number of amides is 1. The van der Waals surface area contributed by atoms with Gasteiger partial charge in [0.1, 0.15) is 11.5 Å². The molecule has 3 aromatic rings. The number of halogens is 1.